The molecule has 1 saturated carbocycles. The third-order valence-electron chi connectivity index (χ3n) is 2.97. The lowest BCUT2D eigenvalue weighted by Crippen LogP contribution is -2.16. The van der Waals surface area contributed by atoms with E-state index < -0.39 is 0 Å². The second-order valence-electron chi connectivity index (χ2n) is 5.17. The van der Waals surface area contributed by atoms with E-state index in [9.17, 15) is 0 Å². The highest BCUT2D eigenvalue weighted by Crippen LogP contribution is 2.22. The first-order chi connectivity index (χ1) is 8.25. The summed E-state index contributed by atoms with van der Waals surface area (Å²) in [5, 5.41) is 3.49. The van der Waals surface area contributed by atoms with Gasteiger partial charge in [0.2, 0.25) is 0 Å². The van der Waals surface area contributed by atoms with Gasteiger partial charge in [0.1, 0.15) is 5.75 Å². The van der Waals surface area contributed by atoms with E-state index in [1.165, 1.54) is 18.4 Å². The lowest BCUT2D eigenvalue weighted by Gasteiger charge is -2.12. The summed E-state index contributed by atoms with van der Waals surface area (Å²) in [4.78, 5) is 4.17. The van der Waals surface area contributed by atoms with Crippen molar-refractivity contribution in [2.45, 2.75) is 45.7 Å². The van der Waals surface area contributed by atoms with Crippen LogP contribution in [0.5, 0.6) is 5.75 Å². The molecule has 0 atom stereocenters. The Balaban J connectivity index is 1.85. The largest absolute Gasteiger partial charge is 0.493 e. The summed E-state index contributed by atoms with van der Waals surface area (Å²) in [7, 11) is 0. The molecule has 1 N–H and O–H groups in total. The van der Waals surface area contributed by atoms with E-state index in [1.807, 2.05) is 12.3 Å². The molecule has 0 bridgehead atoms. The highest BCUT2D eigenvalue weighted by atomic mass is 16.5. The molecule has 17 heavy (non-hydrogen) atoms. The van der Waals surface area contributed by atoms with E-state index in [0.29, 0.717) is 5.92 Å². The summed E-state index contributed by atoms with van der Waals surface area (Å²) < 4.78 is 5.82. The van der Waals surface area contributed by atoms with Crippen LogP contribution in [0.15, 0.2) is 18.5 Å². The minimum Gasteiger partial charge on any atom is -0.493 e. The Kier molecular flexibility index (Phi) is 4.37. The van der Waals surface area contributed by atoms with Crippen LogP contribution in [0.4, 0.5) is 0 Å². The molecule has 2 rings (SSSR count). The normalized spacial score (nSPS) is 15.2. The highest BCUT2D eigenvalue weighted by molar-refractivity contribution is 5.30. The monoisotopic (exact) mass is 234 g/mol. The predicted molar refractivity (Wildman–Crippen MR) is 69.0 cm³/mol. The van der Waals surface area contributed by atoms with Crippen LogP contribution in [-0.4, -0.2) is 17.6 Å². The van der Waals surface area contributed by atoms with Gasteiger partial charge in [0.05, 0.1) is 6.61 Å². The summed E-state index contributed by atoms with van der Waals surface area (Å²) in [5.74, 6) is 1.67. The van der Waals surface area contributed by atoms with Crippen molar-refractivity contribution in [2.75, 3.05) is 6.61 Å². The van der Waals surface area contributed by atoms with Gasteiger partial charge in [-0.1, -0.05) is 13.8 Å². The van der Waals surface area contributed by atoms with Crippen LogP contribution in [0.2, 0.25) is 0 Å². The molecule has 3 nitrogen and oxygen atoms in total. The second kappa shape index (κ2) is 6.01. The molecule has 1 aromatic rings. The highest BCUT2D eigenvalue weighted by Gasteiger charge is 2.20. The van der Waals surface area contributed by atoms with Crippen LogP contribution in [0.25, 0.3) is 0 Å². The number of nitrogens with one attached hydrogen (secondary N) is 1. The van der Waals surface area contributed by atoms with Crippen LogP contribution < -0.4 is 10.1 Å². The van der Waals surface area contributed by atoms with Gasteiger partial charge < -0.3 is 10.1 Å². The van der Waals surface area contributed by atoms with Gasteiger partial charge in [0.25, 0.3) is 0 Å². The molecule has 1 aliphatic carbocycles. The van der Waals surface area contributed by atoms with E-state index in [0.717, 1.165) is 31.4 Å². The fraction of sp³-hybridized carbons (Fsp3) is 0.643. The van der Waals surface area contributed by atoms with Crippen molar-refractivity contribution in [1.29, 1.82) is 0 Å². The van der Waals surface area contributed by atoms with Crippen LogP contribution in [0.1, 0.15) is 38.7 Å². The molecular weight excluding hydrogens is 212 g/mol. The molecule has 0 radical (unpaired) electrons. The van der Waals surface area contributed by atoms with Crippen LogP contribution in [-0.2, 0) is 6.54 Å². The zero-order valence-electron chi connectivity index (χ0n) is 10.8. The standard InChI is InChI=1S/C14H22N2O/c1-11(2)6-8-17-14-5-7-15-9-12(14)10-16-13-3-4-13/h5,7,9,11,13,16H,3-4,6,8,10H2,1-2H3. The van der Waals surface area contributed by atoms with Gasteiger partial charge in [-0.05, 0) is 31.2 Å². The van der Waals surface area contributed by atoms with E-state index in [2.05, 4.69) is 24.1 Å². The van der Waals surface area contributed by atoms with Gasteiger partial charge in [-0.2, -0.15) is 0 Å². The number of rotatable bonds is 7. The van der Waals surface area contributed by atoms with Gasteiger partial charge in [-0.25, -0.2) is 0 Å². The quantitative estimate of drug-likeness (QED) is 0.787. The molecule has 94 valence electrons. The summed E-state index contributed by atoms with van der Waals surface area (Å²) in [6.07, 6.45) is 7.41. The Labute approximate surface area is 104 Å². The van der Waals surface area contributed by atoms with Crippen molar-refractivity contribution in [1.82, 2.24) is 10.3 Å². The van der Waals surface area contributed by atoms with Gasteiger partial charge >= 0.3 is 0 Å². The molecule has 0 spiro atoms. The molecule has 3 heteroatoms. The summed E-state index contributed by atoms with van der Waals surface area (Å²) in [5.41, 5.74) is 1.17. The van der Waals surface area contributed by atoms with E-state index in [1.54, 1.807) is 6.20 Å². The van der Waals surface area contributed by atoms with E-state index in [4.69, 9.17) is 4.74 Å². The van der Waals surface area contributed by atoms with Crippen molar-refractivity contribution in [3.05, 3.63) is 24.0 Å². The zero-order valence-corrected chi connectivity index (χ0v) is 10.8. The zero-order chi connectivity index (χ0) is 12.1. The molecule has 0 unspecified atom stereocenters. The molecule has 1 heterocycles. The third kappa shape index (κ3) is 4.35. The van der Waals surface area contributed by atoms with Crippen molar-refractivity contribution < 1.29 is 4.74 Å². The SMILES string of the molecule is CC(C)CCOc1ccncc1CNC1CC1. The van der Waals surface area contributed by atoms with Gasteiger partial charge in [0, 0.05) is 30.5 Å². The fourth-order valence-corrected chi connectivity index (χ4v) is 1.63. The Morgan fingerprint density at radius 3 is 3.00 bits per heavy atom. The minimum absolute atomic E-state index is 0.685. The lowest BCUT2D eigenvalue weighted by molar-refractivity contribution is 0.286. The third-order valence-corrected chi connectivity index (χ3v) is 2.97. The summed E-state index contributed by atoms with van der Waals surface area (Å²) >= 11 is 0. The first-order valence-corrected chi connectivity index (χ1v) is 6.55. The maximum Gasteiger partial charge on any atom is 0.126 e. The number of nitrogens with zero attached hydrogens (tertiary/aromatic N) is 1. The second-order valence-corrected chi connectivity index (χ2v) is 5.17. The first kappa shape index (κ1) is 12.4. The summed E-state index contributed by atoms with van der Waals surface area (Å²) in [6, 6.07) is 2.68. The molecular formula is C14H22N2O. The maximum atomic E-state index is 5.82. The number of hydrogen-bond donors (Lipinski definition) is 1. The van der Waals surface area contributed by atoms with Crippen molar-refractivity contribution in [2.24, 2.45) is 5.92 Å². The number of pyridine rings is 1. The Morgan fingerprint density at radius 1 is 1.47 bits per heavy atom. The van der Waals surface area contributed by atoms with Crippen LogP contribution in [0.3, 0.4) is 0 Å². The van der Waals surface area contributed by atoms with Crippen LogP contribution in [0, 0.1) is 5.92 Å². The van der Waals surface area contributed by atoms with Gasteiger partial charge in [0.15, 0.2) is 0 Å². The average molecular weight is 234 g/mol. The molecule has 0 aromatic carbocycles. The van der Waals surface area contributed by atoms with Crippen molar-refractivity contribution in [3.63, 3.8) is 0 Å². The molecule has 1 aromatic heterocycles. The smallest absolute Gasteiger partial charge is 0.126 e. The Hall–Kier alpha value is -1.09. The van der Waals surface area contributed by atoms with Crippen LogP contribution >= 0.6 is 0 Å². The first-order valence-electron chi connectivity index (χ1n) is 6.55. The molecule has 0 saturated heterocycles. The molecule has 1 aliphatic rings. The Morgan fingerprint density at radius 2 is 2.29 bits per heavy atom. The van der Waals surface area contributed by atoms with Crippen molar-refractivity contribution >= 4 is 0 Å². The molecule has 0 amide bonds. The topological polar surface area (TPSA) is 34.1 Å². The number of ether oxygens (including phenoxy) is 1. The molecule has 1 fully saturated rings. The van der Waals surface area contributed by atoms with Gasteiger partial charge in [-0.3, -0.25) is 4.98 Å². The lowest BCUT2D eigenvalue weighted by atomic mass is 10.1. The number of hydrogen-bond acceptors (Lipinski definition) is 3. The molecule has 0 aliphatic heterocycles. The van der Waals surface area contributed by atoms with E-state index >= 15 is 0 Å². The summed E-state index contributed by atoms with van der Waals surface area (Å²) in [6.45, 7) is 6.09. The minimum atomic E-state index is 0.685. The van der Waals surface area contributed by atoms with Crippen molar-refractivity contribution in [3.8, 4) is 5.75 Å². The average Bonchev–Trinajstić information content (AvgIpc) is 3.11. The fourth-order valence-electron chi connectivity index (χ4n) is 1.63. The maximum absolute atomic E-state index is 5.82. The van der Waals surface area contributed by atoms with Gasteiger partial charge in [-0.15, -0.1) is 0 Å². The Bertz CT molecular complexity index is 348. The number of aromatic nitrogens is 1. The van der Waals surface area contributed by atoms with E-state index in [-0.39, 0.29) is 0 Å². The predicted octanol–water partition coefficient (Wildman–Crippen LogP) is 2.76.